The summed E-state index contributed by atoms with van der Waals surface area (Å²) < 4.78 is 27.0. The maximum atomic E-state index is 13.7. The maximum Gasteiger partial charge on any atom is 0.161 e. The predicted octanol–water partition coefficient (Wildman–Crippen LogP) is 4.66. The third-order valence-corrected chi connectivity index (χ3v) is 4.35. The monoisotopic (exact) mass is 348 g/mol. The summed E-state index contributed by atoms with van der Waals surface area (Å²) >= 11 is 4.72. The molecule has 1 aromatic rings. The molecule has 0 fully saturated rings. The lowest BCUT2D eigenvalue weighted by Gasteiger charge is -2.09. The van der Waals surface area contributed by atoms with Gasteiger partial charge in [-0.15, -0.1) is 0 Å². The minimum absolute atomic E-state index is 0.234. The Hall–Kier alpha value is -0.620. The quantitative estimate of drug-likeness (QED) is 0.859. The Bertz CT molecular complexity index is 482. The first kappa shape index (κ1) is 14.8. The topological polar surface area (TPSA) is 24.4 Å². The highest BCUT2D eigenvalue weighted by molar-refractivity contribution is 9.10. The molecule has 1 heterocycles. The SMILES string of the molecule is CC(C)CC1CSC(Nc2c(F)cc(F)cc2Br)=N1. The van der Waals surface area contributed by atoms with Gasteiger partial charge < -0.3 is 5.32 Å². The number of nitrogens with one attached hydrogen (secondary N) is 1. The lowest BCUT2D eigenvalue weighted by molar-refractivity contribution is 0.529. The van der Waals surface area contributed by atoms with E-state index in [1.807, 2.05) is 0 Å². The average Bonchev–Trinajstić information content (AvgIpc) is 2.70. The highest BCUT2D eigenvalue weighted by Crippen LogP contribution is 2.30. The van der Waals surface area contributed by atoms with Crippen LogP contribution in [0.1, 0.15) is 20.3 Å². The van der Waals surface area contributed by atoms with Gasteiger partial charge in [-0.3, -0.25) is 4.99 Å². The smallest absolute Gasteiger partial charge is 0.161 e. The van der Waals surface area contributed by atoms with Crippen LogP contribution in [0.15, 0.2) is 21.6 Å². The standard InChI is InChI=1S/C13H15BrF2N2S/c1-7(2)3-9-6-19-13(17-9)18-12-10(14)4-8(15)5-11(12)16/h4-5,7,9H,3,6H2,1-2H3,(H,17,18). The first-order valence-electron chi connectivity index (χ1n) is 6.08. The number of benzene rings is 1. The van der Waals surface area contributed by atoms with Crippen molar-refractivity contribution in [2.24, 2.45) is 10.9 Å². The van der Waals surface area contributed by atoms with Crippen LogP contribution in [0.2, 0.25) is 0 Å². The van der Waals surface area contributed by atoms with E-state index in [0.717, 1.165) is 18.2 Å². The van der Waals surface area contributed by atoms with Crippen molar-refractivity contribution in [3.63, 3.8) is 0 Å². The number of thioether (sulfide) groups is 1. The first-order valence-corrected chi connectivity index (χ1v) is 7.85. The van der Waals surface area contributed by atoms with Crippen LogP contribution < -0.4 is 5.32 Å². The van der Waals surface area contributed by atoms with E-state index in [1.54, 1.807) is 11.8 Å². The highest BCUT2D eigenvalue weighted by atomic mass is 79.9. The molecular formula is C13H15BrF2N2S. The molecule has 1 atom stereocenters. The van der Waals surface area contributed by atoms with Crippen LogP contribution in [0.5, 0.6) is 0 Å². The Morgan fingerprint density at radius 3 is 2.84 bits per heavy atom. The molecule has 0 radical (unpaired) electrons. The fourth-order valence-electron chi connectivity index (χ4n) is 1.92. The van der Waals surface area contributed by atoms with Crippen molar-refractivity contribution in [1.82, 2.24) is 0 Å². The third-order valence-electron chi connectivity index (χ3n) is 2.69. The molecule has 2 rings (SSSR count). The van der Waals surface area contributed by atoms with E-state index in [0.29, 0.717) is 15.6 Å². The van der Waals surface area contributed by atoms with Crippen molar-refractivity contribution in [3.8, 4) is 0 Å². The second-order valence-electron chi connectivity index (χ2n) is 4.90. The zero-order valence-corrected chi connectivity index (χ0v) is 13.1. The van der Waals surface area contributed by atoms with Gasteiger partial charge in [0.2, 0.25) is 0 Å². The summed E-state index contributed by atoms with van der Waals surface area (Å²) in [6.45, 7) is 4.31. The van der Waals surface area contributed by atoms with Crippen LogP contribution in [-0.2, 0) is 0 Å². The second kappa shape index (κ2) is 6.22. The Morgan fingerprint density at radius 1 is 1.47 bits per heavy atom. The van der Waals surface area contributed by atoms with Gasteiger partial charge >= 0.3 is 0 Å². The van der Waals surface area contributed by atoms with Crippen LogP contribution in [0.25, 0.3) is 0 Å². The Labute approximate surface area is 124 Å². The normalized spacial score (nSPS) is 18.8. The molecule has 104 valence electrons. The predicted molar refractivity (Wildman–Crippen MR) is 80.8 cm³/mol. The molecular weight excluding hydrogens is 334 g/mol. The minimum Gasteiger partial charge on any atom is -0.332 e. The van der Waals surface area contributed by atoms with E-state index in [4.69, 9.17) is 0 Å². The summed E-state index contributed by atoms with van der Waals surface area (Å²) in [5.74, 6) is 0.264. The molecule has 0 saturated heterocycles. The number of hydrogen-bond acceptors (Lipinski definition) is 3. The molecule has 1 unspecified atom stereocenters. The molecule has 6 heteroatoms. The fraction of sp³-hybridized carbons (Fsp3) is 0.462. The van der Waals surface area contributed by atoms with Crippen LogP contribution >= 0.6 is 27.7 Å². The number of amidine groups is 1. The summed E-state index contributed by atoms with van der Waals surface area (Å²) in [6, 6.07) is 2.37. The van der Waals surface area contributed by atoms with Crippen molar-refractivity contribution in [2.45, 2.75) is 26.3 Å². The number of rotatable bonds is 3. The van der Waals surface area contributed by atoms with Crippen molar-refractivity contribution < 1.29 is 8.78 Å². The van der Waals surface area contributed by atoms with Crippen molar-refractivity contribution >= 4 is 38.5 Å². The van der Waals surface area contributed by atoms with Crippen LogP contribution in [0.4, 0.5) is 14.5 Å². The Kier molecular flexibility index (Phi) is 4.84. The van der Waals surface area contributed by atoms with Gasteiger partial charge in [-0.25, -0.2) is 8.78 Å². The van der Waals surface area contributed by atoms with Gasteiger partial charge in [0.15, 0.2) is 11.0 Å². The summed E-state index contributed by atoms with van der Waals surface area (Å²) in [6.07, 6.45) is 1.02. The van der Waals surface area contributed by atoms with Crippen molar-refractivity contribution in [2.75, 3.05) is 11.1 Å². The van der Waals surface area contributed by atoms with Gasteiger partial charge in [-0.1, -0.05) is 25.6 Å². The summed E-state index contributed by atoms with van der Waals surface area (Å²) in [7, 11) is 0. The Balaban J connectivity index is 2.10. The van der Waals surface area contributed by atoms with E-state index in [2.05, 4.69) is 40.1 Å². The number of nitrogens with zero attached hydrogens (tertiary/aromatic N) is 1. The summed E-state index contributed by atoms with van der Waals surface area (Å²) in [4.78, 5) is 4.52. The van der Waals surface area contributed by atoms with E-state index in [-0.39, 0.29) is 11.7 Å². The molecule has 0 saturated carbocycles. The lowest BCUT2D eigenvalue weighted by atomic mass is 10.1. The number of aliphatic imine (C=N–C) groups is 1. The highest BCUT2D eigenvalue weighted by Gasteiger charge is 2.21. The van der Waals surface area contributed by atoms with Gasteiger partial charge in [-0.05, 0) is 34.3 Å². The molecule has 1 aliphatic rings. The van der Waals surface area contributed by atoms with Gasteiger partial charge in [0, 0.05) is 16.3 Å². The summed E-state index contributed by atoms with van der Waals surface area (Å²) in [5, 5.41) is 3.62. The van der Waals surface area contributed by atoms with E-state index >= 15 is 0 Å². The molecule has 1 aliphatic heterocycles. The third kappa shape index (κ3) is 3.92. The Morgan fingerprint density at radius 2 is 2.21 bits per heavy atom. The average molecular weight is 349 g/mol. The van der Waals surface area contributed by atoms with E-state index in [9.17, 15) is 8.78 Å². The molecule has 0 bridgehead atoms. The zero-order valence-electron chi connectivity index (χ0n) is 10.7. The summed E-state index contributed by atoms with van der Waals surface area (Å²) in [5.41, 5.74) is 0.234. The van der Waals surface area contributed by atoms with Crippen LogP contribution in [0.3, 0.4) is 0 Å². The van der Waals surface area contributed by atoms with Gasteiger partial charge in [0.25, 0.3) is 0 Å². The van der Waals surface area contributed by atoms with Gasteiger partial charge in [0.1, 0.15) is 5.82 Å². The number of hydrogen-bond donors (Lipinski definition) is 1. The van der Waals surface area contributed by atoms with Crippen LogP contribution in [-0.4, -0.2) is 17.0 Å². The molecule has 1 N–H and O–H groups in total. The second-order valence-corrected chi connectivity index (χ2v) is 6.76. The lowest BCUT2D eigenvalue weighted by Crippen LogP contribution is -2.09. The van der Waals surface area contributed by atoms with E-state index in [1.165, 1.54) is 6.07 Å². The molecule has 2 nitrogen and oxygen atoms in total. The molecule has 1 aromatic carbocycles. The molecule has 0 amide bonds. The molecule has 0 aromatic heterocycles. The molecule has 0 aliphatic carbocycles. The molecule has 19 heavy (non-hydrogen) atoms. The van der Waals surface area contributed by atoms with Crippen molar-refractivity contribution in [3.05, 3.63) is 28.2 Å². The largest absolute Gasteiger partial charge is 0.332 e. The van der Waals surface area contributed by atoms with Gasteiger partial charge in [-0.2, -0.15) is 0 Å². The molecule has 0 spiro atoms. The fourth-order valence-corrected chi connectivity index (χ4v) is 3.38. The maximum absolute atomic E-state index is 13.7. The number of anilines is 1. The minimum atomic E-state index is -0.623. The van der Waals surface area contributed by atoms with E-state index < -0.39 is 11.6 Å². The first-order chi connectivity index (χ1) is 8.95. The zero-order chi connectivity index (χ0) is 14.0. The van der Waals surface area contributed by atoms with Crippen LogP contribution in [0, 0.1) is 17.6 Å². The van der Waals surface area contributed by atoms with Crippen molar-refractivity contribution in [1.29, 1.82) is 0 Å². The number of halogens is 3. The van der Waals surface area contributed by atoms with Gasteiger partial charge in [0.05, 0.1) is 11.7 Å².